The van der Waals surface area contributed by atoms with Crippen molar-refractivity contribution in [3.8, 4) is 11.5 Å². The minimum Gasteiger partial charge on any atom is -0.493 e. The molecule has 0 saturated carbocycles. The Hall–Kier alpha value is -4.12. The normalized spacial score (nSPS) is 11.8. The third-order valence-electron chi connectivity index (χ3n) is 5.95. The number of amides is 2. The van der Waals surface area contributed by atoms with Crippen LogP contribution in [0.5, 0.6) is 11.5 Å². The van der Waals surface area contributed by atoms with Crippen LogP contribution in [0, 0.1) is 5.82 Å². The Morgan fingerprint density at radius 3 is 2.16 bits per heavy atom. The Morgan fingerprint density at radius 2 is 1.58 bits per heavy atom. The molecule has 3 rings (SSSR count). The number of halogens is 1. The first kappa shape index (κ1) is 28.5. The predicted octanol–water partition coefficient (Wildman–Crippen LogP) is 3.20. The SMILES string of the molecule is CNC(=O)[C@@H](C)N(Cc1ccccc1)C(=O)CN(c1ccc(F)cc1)S(=O)(=O)c1ccc(OC)c(OC)c1. The number of methoxy groups -OCH3 is 2. The van der Waals surface area contributed by atoms with Crippen LogP contribution in [0.15, 0.2) is 77.7 Å². The summed E-state index contributed by atoms with van der Waals surface area (Å²) >= 11 is 0. The Kier molecular flexibility index (Phi) is 9.30. The fourth-order valence-corrected chi connectivity index (χ4v) is 5.24. The molecule has 0 aliphatic heterocycles. The highest BCUT2D eigenvalue weighted by Gasteiger charge is 2.32. The molecule has 2 amide bonds. The number of hydrogen-bond donors (Lipinski definition) is 1. The van der Waals surface area contributed by atoms with Crippen molar-refractivity contribution in [3.05, 3.63) is 84.2 Å². The Morgan fingerprint density at radius 1 is 0.947 bits per heavy atom. The molecule has 3 aromatic carbocycles. The van der Waals surface area contributed by atoms with Crippen molar-refractivity contribution >= 4 is 27.5 Å². The number of ether oxygens (including phenoxy) is 2. The number of benzene rings is 3. The monoisotopic (exact) mass is 543 g/mol. The number of anilines is 1. The molecule has 3 aromatic rings. The molecule has 0 heterocycles. The smallest absolute Gasteiger partial charge is 0.264 e. The van der Waals surface area contributed by atoms with E-state index in [1.54, 1.807) is 31.2 Å². The van der Waals surface area contributed by atoms with Crippen LogP contribution in [0.2, 0.25) is 0 Å². The number of carbonyl (C=O) groups excluding carboxylic acids is 2. The third-order valence-corrected chi connectivity index (χ3v) is 7.72. The number of hydrogen-bond acceptors (Lipinski definition) is 6. The summed E-state index contributed by atoms with van der Waals surface area (Å²) in [5.41, 5.74) is 0.828. The summed E-state index contributed by atoms with van der Waals surface area (Å²) in [6.07, 6.45) is 0. The molecule has 11 heteroatoms. The van der Waals surface area contributed by atoms with Crippen molar-refractivity contribution in [1.82, 2.24) is 10.2 Å². The summed E-state index contributed by atoms with van der Waals surface area (Å²) in [7, 11) is -0.102. The van der Waals surface area contributed by atoms with Gasteiger partial charge in [-0.3, -0.25) is 13.9 Å². The molecule has 0 unspecified atom stereocenters. The highest BCUT2D eigenvalue weighted by atomic mass is 32.2. The Labute approximate surface area is 221 Å². The second kappa shape index (κ2) is 12.4. The Bertz CT molecular complexity index is 1370. The van der Waals surface area contributed by atoms with Crippen molar-refractivity contribution in [2.75, 3.05) is 32.1 Å². The molecule has 202 valence electrons. The average molecular weight is 544 g/mol. The van der Waals surface area contributed by atoms with Gasteiger partial charge in [0.15, 0.2) is 11.5 Å². The molecule has 1 N–H and O–H groups in total. The van der Waals surface area contributed by atoms with Gasteiger partial charge in [-0.1, -0.05) is 30.3 Å². The molecule has 9 nitrogen and oxygen atoms in total. The van der Waals surface area contributed by atoms with Crippen LogP contribution in [-0.4, -0.2) is 59.0 Å². The molecule has 0 aliphatic rings. The fraction of sp³-hybridized carbons (Fsp3) is 0.259. The number of sulfonamides is 1. The predicted molar refractivity (Wildman–Crippen MR) is 141 cm³/mol. The van der Waals surface area contributed by atoms with Gasteiger partial charge in [0.2, 0.25) is 11.8 Å². The van der Waals surface area contributed by atoms with Crippen LogP contribution in [-0.2, 0) is 26.2 Å². The van der Waals surface area contributed by atoms with E-state index < -0.39 is 40.2 Å². The summed E-state index contributed by atoms with van der Waals surface area (Å²) in [5, 5.41) is 2.52. The van der Waals surface area contributed by atoms with Gasteiger partial charge in [0.25, 0.3) is 10.0 Å². The van der Waals surface area contributed by atoms with Gasteiger partial charge < -0.3 is 19.7 Å². The molecule has 38 heavy (non-hydrogen) atoms. The van der Waals surface area contributed by atoms with Crippen molar-refractivity contribution < 1.29 is 31.9 Å². The minimum absolute atomic E-state index is 0.0711. The van der Waals surface area contributed by atoms with E-state index in [4.69, 9.17) is 9.47 Å². The molecule has 0 fully saturated rings. The van der Waals surface area contributed by atoms with Crippen LogP contribution in [0.3, 0.4) is 0 Å². The molecule has 0 bridgehead atoms. The molecular formula is C27H30FN3O6S. The van der Waals surface area contributed by atoms with E-state index in [9.17, 15) is 22.4 Å². The lowest BCUT2D eigenvalue weighted by Gasteiger charge is -2.31. The molecule has 0 radical (unpaired) electrons. The number of rotatable bonds is 11. The van der Waals surface area contributed by atoms with Crippen molar-refractivity contribution in [1.29, 1.82) is 0 Å². The maximum absolute atomic E-state index is 13.8. The first-order chi connectivity index (χ1) is 18.1. The van der Waals surface area contributed by atoms with Crippen molar-refractivity contribution in [2.45, 2.75) is 24.4 Å². The zero-order valence-electron chi connectivity index (χ0n) is 21.5. The van der Waals surface area contributed by atoms with Gasteiger partial charge in [-0.25, -0.2) is 12.8 Å². The van der Waals surface area contributed by atoms with E-state index in [0.29, 0.717) is 5.75 Å². The second-order valence-electron chi connectivity index (χ2n) is 8.30. The van der Waals surface area contributed by atoms with E-state index >= 15 is 0 Å². The molecule has 0 spiro atoms. The van der Waals surface area contributed by atoms with Gasteiger partial charge in [0, 0.05) is 19.7 Å². The largest absolute Gasteiger partial charge is 0.493 e. The fourth-order valence-electron chi connectivity index (χ4n) is 3.81. The standard InChI is InChI=1S/C27H30FN3O6S/c1-19(27(33)29-2)30(17-20-8-6-5-7-9-20)26(32)18-31(22-12-10-21(28)11-13-22)38(34,35)23-14-15-24(36-3)25(16-23)37-4/h5-16,19H,17-18H2,1-4H3,(H,29,33)/t19-/m1/s1. The number of nitrogens with zero attached hydrogens (tertiary/aromatic N) is 2. The summed E-state index contributed by atoms with van der Waals surface area (Å²) in [4.78, 5) is 27.3. The number of nitrogens with one attached hydrogen (secondary N) is 1. The molecule has 1 atom stereocenters. The van der Waals surface area contributed by atoms with Gasteiger partial charge in [0.1, 0.15) is 18.4 Å². The van der Waals surface area contributed by atoms with Gasteiger partial charge in [-0.15, -0.1) is 0 Å². The van der Waals surface area contributed by atoms with Crippen molar-refractivity contribution in [3.63, 3.8) is 0 Å². The lowest BCUT2D eigenvalue weighted by atomic mass is 10.1. The molecule has 0 aromatic heterocycles. The van der Waals surface area contributed by atoms with E-state index in [2.05, 4.69) is 5.32 Å². The van der Waals surface area contributed by atoms with Gasteiger partial charge >= 0.3 is 0 Å². The quantitative estimate of drug-likeness (QED) is 0.398. The van der Waals surface area contributed by atoms with E-state index in [1.165, 1.54) is 56.5 Å². The summed E-state index contributed by atoms with van der Waals surface area (Å²) in [6.45, 7) is 0.989. The summed E-state index contributed by atoms with van der Waals surface area (Å²) < 4.78 is 52.7. The van der Waals surface area contributed by atoms with Crippen LogP contribution in [0.1, 0.15) is 12.5 Å². The molecule has 0 saturated heterocycles. The highest BCUT2D eigenvalue weighted by molar-refractivity contribution is 7.92. The Balaban J connectivity index is 2.06. The lowest BCUT2D eigenvalue weighted by molar-refractivity contribution is -0.139. The first-order valence-corrected chi connectivity index (χ1v) is 13.1. The maximum atomic E-state index is 13.8. The minimum atomic E-state index is -4.35. The van der Waals surface area contributed by atoms with Gasteiger partial charge in [-0.2, -0.15) is 0 Å². The molecular weight excluding hydrogens is 513 g/mol. The average Bonchev–Trinajstić information content (AvgIpc) is 2.94. The number of likely N-dealkylation sites (N-methyl/N-ethyl adjacent to an activating group) is 1. The van der Waals surface area contributed by atoms with Crippen LogP contribution in [0.25, 0.3) is 0 Å². The summed E-state index contributed by atoms with van der Waals surface area (Å²) in [5.74, 6) is -1.10. The van der Waals surface area contributed by atoms with Gasteiger partial charge in [0.05, 0.1) is 24.8 Å². The molecule has 0 aliphatic carbocycles. The number of carbonyl (C=O) groups is 2. The zero-order valence-corrected chi connectivity index (χ0v) is 22.4. The van der Waals surface area contributed by atoms with Crippen molar-refractivity contribution in [2.24, 2.45) is 0 Å². The maximum Gasteiger partial charge on any atom is 0.264 e. The third kappa shape index (κ3) is 6.41. The van der Waals surface area contributed by atoms with Crippen LogP contribution >= 0.6 is 0 Å². The highest BCUT2D eigenvalue weighted by Crippen LogP contribution is 2.32. The van der Waals surface area contributed by atoms with Crippen LogP contribution in [0.4, 0.5) is 10.1 Å². The van der Waals surface area contributed by atoms with E-state index in [1.807, 2.05) is 6.07 Å². The van der Waals surface area contributed by atoms with E-state index in [0.717, 1.165) is 22.0 Å². The topological polar surface area (TPSA) is 105 Å². The van der Waals surface area contributed by atoms with E-state index in [-0.39, 0.29) is 22.9 Å². The second-order valence-corrected chi connectivity index (χ2v) is 10.2. The van der Waals surface area contributed by atoms with Crippen LogP contribution < -0.4 is 19.1 Å². The van der Waals surface area contributed by atoms with Gasteiger partial charge in [-0.05, 0) is 48.9 Å². The first-order valence-electron chi connectivity index (χ1n) is 11.7. The lowest BCUT2D eigenvalue weighted by Crippen LogP contribution is -2.50. The zero-order chi connectivity index (χ0) is 27.9. The summed E-state index contributed by atoms with van der Waals surface area (Å²) in [6, 6.07) is 16.9.